The molecule has 0 aliphatic heterocycles. The molecule has 1 aromatic rings. The monoisotopic (exact) mass is 277 g/mol. The van der Waals surface area contributed by atoms with E-state index in [1.54, 1.807) is 13.8 Å². The Morgan fingerprint density at radius 3 is 2.25 bits per heavy atom. The minimum absolute atomic E-state index is 0.0579. The van der Waals surface area contributed by atoms with Crippen molar-refractivity contribution in [1.29, 1.82) is 0 Å². The van der Waals surface area contributed by atoms with Crippen LogP contribution in [-0.4, -0.2) is 28.8 Å². The first kappa shape index (κ1) is 14.4. The zero-order valence-electron chi connectivity index (χ0n) is 12.0. The average Bonchev–Trinajstić information content (AvgIpc) is 2.43. The van der Waals surface area contributed by atoms with E-state index in [0.717, 1.165) is 0 Å². The predicted octanol–water partition coefficient (Wildman–Crippen LogP) is 1.80. The number of aryl methyl sites for hydroxylation is 2. The van der Waals surface area contributed by atoms with Crippen LogP contribution in [0.3, 0.4) is 0 Å². The molecule has 108 valence electrons. The first-order valence-electron chi connectivity index (χ1n) is 6.73. The number of hydrogen-bond acceptors (Lipinski definition) is 5. The van der Waals surface area contributed by atoms with E-state index in [1.165, 1.54) is 7.11 Å². The number of ether oxygens (including phenoxy) is 1. The first-order chi connectivity index (χ1) is 9.51. The Kier molecular flexibility index (Phi) is 4.32. The fourth-order valence-corrected chi connectivity index (χ4v) is 2.38. The standard InChI is InChI=1S/C14H19N3O3/c1-8-12(9(2)16-14(15-8)20-3)17-13(19)10-4-6-11(18)7-5-10/h10H,4-7H2,1-3H3,(H,17,19). The van der Waals surface area contributed by atoms with Gasteiger partial charge in [0.2, 0.25) is 5.91 Å². The Morgan fingerprint density at radius 2 is 1.75 bits per heavy atom. The number of carbonyl (C=O) groups excluding carboxylic acids is 2. The minimum atomic E-state index is -0.103. The van der Waals surface area contributed by atoms with Crippen LogP contribution >= 0.6 is 0 Å². The summed E-state index contributed by atoms with van der Waals surface area (Å²) in [6.45, 7) is 3.61. The van der Waals surface area contributed by atoms with Gasteiger partial charge in [-0.05, 0) is 26.7 Å². The molecule has 1 amide bonds. The number of aromatic nitrogens is 2. The number of hydrogen-bond donors (Lipinski definition) is 1. The molecule has 0 bridgehead atoms. The Balaban J connectivity index is 2.10. The topological polar surface area (TPSA) is 81.2 Å². The number of nitrogens with one attached hydrogen (secondary N) is 1. The van der Waals surface area contributed by atoms with Gasteiger partial charge in [-0.2, -0.15) is 9.97 Å². The number of Topliss-reactive ketones (excluding diaryl/α,β-unsaturated/α-hetero) is 1. The Hall–Kier alpha value is -1.98. The van der Waals surface area contributed by atoms with Crippen LogP contribution in [-0.2, 0) is 9.59 Å². The normalized spacial score (nSPS) is 16.1. The molecule has 20 heavy (non-hydrogen) atoms. The lowest BCUT2D eigenvalue weighted by Gasteiger charge is -2.21. The van der Waals surface area contributed by atoms with Crippen LogP contribution in [0.2, 0.25) is 0 Å². The molecule has 1 fully saturated rings. The quantitative estimate of drug-likeness (QED) is 0.911. The summed E-state index contributed by atoms with van der Waals surface area (Å²) in [7, 11) is 1.51. The zero-order valence-corrected chi connectivity index (χ0v) is 12.0. The van der Waals surface area contributed by atoms with Crippen LogP contribution in [0.15, 0.2) is 0 Å². The smallest absolute Gasteiger partial charge is 0.316 e. The summed E-state index contributed by atoms with van der Waals surface area (Å²) < 4.78 is 4.99. The Bertz CT molecular complexity index is 509. The highest BCUT2D eigenvalue weighted by Crippen LogP contribution is 2.25. The molecule has 0 spiro atoms. The number of methoxy groups -OCH3 is 1. The van der Waals surface area contributed by atoms with Crippen molar-refractivity contribution in [2.45, 2.75) is 39.5 Å². The molecular formula is C14H19N3O3. The number of amides is 1. The van der Waals surface area contributed by atoms with E-state index >= 15 is 0 Å². The summed E-state index contributed by atoms with van der Waals surface area (Å²) in [5, 5.41) is 2.88. The van der Waals surface area contributed by atoms with Gasteiger partial charge in [0.1, 0.15) is 5.78 Å². The van der Waals surface area contributed by atoms with Gasteiger partial charge in [0.05, 0.1) is 24.2 Å². The van der Waals surface area contributed by atoms with Gasteiger partial charge in [0.25, 0.3) is 0 Å². The van der Waals surface area contributed by atoms with Gasteiger partial charge in [-0.3, -0.25) is 9.59 Å². The molecule has 6 nitrogen and oxygen atoms in total. The maximum Gasteiger partial charge on any atom is 0.316 e. The van der Waals surface area contributed by atoms with E-state index < -0.39 is 0 Å². The van der Waals surface area contributed by atoms with Crippen LogP contribution in [0.1, 0.15) is 37.1 Å². The van der Waals surface area contributed by atoms with Crippen molar-refractivity contribution in [3.05, 3.63) is 11.4 Å². The van der Waals surface area contributed by atoms with Crippen LogP contribution in [0.4, 0.5) is 5.69 Å². The van der Waals surface area contributed by atoms with Crippen molar-refractivity contribution in [2.75, 3.05) is 12.4 Å². The van der Waals surface area contributed by atoms with Crippen LogP contribution in [0, 0.1) is 19.8 Å². The highest BCUT2D eigenvalue weighted by molar-refractivity contribution is 5.94. The molecule has 1 N–H and O–H groups in total. The van der Waals surface area contributed by atoms with Crippen molar-refractivity contribution in [1.82, 2.24) is 9.97 Å². The third-order valence-corrected chi connectivity index (χ3v) is 3.60. The van der Waals surface area contributed by atoms with Gasteiger partial charge in [0.15, 0.2) is 0 Å². The van der Waals surface area contributed by atoms with Crippen molar-refractivity contribution in [3.63, 3.8) is 0 Å². The molecule has 0 unspecified atom stereocenters. The second-order valence-electron chi connectivity index (χ2n) is 5.06. The van der Waals surface area contributed by atoms with E-state index in [0.29, 0.717) is 48.8 Å². The fraction of sp³-hybridized carbons (Fsp3) is 0.571. The third-order valence-electron chi connectivity index (χ3n) is 3.60. The maximum absolute atomic E-state index is 12.2. The molecule has 1 heterocycles. The molecule has 0 atom stereocenters. The summed E-state index contributed by atoms with van der Waals surface area (Å²) >= 11 is 0. The van der Waals surface area contributed by atoms with Crippen molar-refractivity contribution >= 4 is 17.4 Å². The van der Waals surface area contributed by atoms with E-state index in [-0.39, 0.29) is 17.6 Å². The van der Waals surface area contributed by atoms with Crippen molar-refractivity contribution in [2.24, 2.45) is 5.92 Å². The highest BCUT2D eigenvalue weighted by Gasteiger charge is 2.25. The van der Waals surface area contributed by atoms with Crippen molar-refractivity contribution < 1.29 is 14.3 Å². The first-order valence-corrected chi connectivity index (χ1v) is 6.73. The van der Waals surface area contributed by atoms with E-state index in [1.807, 2.05) is 0 Å². The number of nitrogens with zero attached hydrogens (tertiary/aromatic N) is 2. The minimum Gasteiger partial charge on any atom is -0.467 e. The van der Waals surface area contributed by atoms with Gasteiger partial charge in [-0.15, -0.1) is 0 Å². The summed E-state index contributed by atoms with van der Waals surface area (Å²) in [5.74, 6) is 0.0836. The summed E-state index contributed by atoms with van der Waals surface area (Å²) in [5.41, 5.74) is 1.98. The molecule has 1 saturated carbocycles. The van der Waals surface area contributed by atoms with E-state index in [2.05, 4.69) is 15.3 Å². The molecular weight excluding hydrogens is 258 g/mol. The molecule has 0 aromatic carbocycles. The predicted molar refractivity (Wildman–Crippen MR) is 73.7 cm³/mol. The summed E-state index contributed by atoms with van der Waals surface area (Å²) in [6.07, 6.45) is 2.24. The SMILES string of the molecule is COc1nc(C)c(NC(=O)C2CCC(=O)CC2)c(C)n1. The number of rotatable bonds is 3. The lowest BCUT2D eigenvalue weighted by atomic mass is 9.88. The average molecular weight is 277 g/mol. The van der Waals surface area contributed by atoms with Gasteiger partial charge in [0, 0.05) is 18.8 Å². The molecule has 1 aliphatic rings. The van der Waals surface area contributed by atoms with Gasteiger partial charge in [-0.25, -0.2) is 0 Å². The largest absolute Gasteiger partial charge is 0.467 e. The fourth-order valence-electron chi connectivity index (χ4n) is 2.38. The summed E-state index contributed by atoms with van der Waals surface area (Å²) in [4.78, 5) is 31.7. The van der Waals surface area contributed by atoms with Crippen LogP contribution < -0.4 is 10.1 Å². The molecule has 0 saturated heterocycles. The molecule has 1 aromatic heterocycles. The lowest BCUT2D eigenvalue weighted by Crippen LogP contribution is -2.28. The molecule has 2 rings (SSSR count). The molecule has 0 radical (unpaired) electrons. The highest BCUT2D eigenvalue weighted by atomic mass is 16.5. The number of ketones is 1. The van der Waals surface area contributed by atoms with Gasteiger partial charge < -0.3 is 10.1 Å². The summed E-state index contributed by atoms with van der Waals surface area (Å²) in [6, 6.07) is 0.293. The molecule has 6 heteroatoms. The Morgan fingerprint density at radius 1 is 1.20 bits per heavy atom. The van der Waals surface area contributed by atoms with E-state index in [4.69, 9.17) is 4.74 Å². The third kappa shape index (κ3) is 3.12. The van der Waals surface area contributed by atoms with Crippen LogP contribution in [0.5, 0.6) is 6.01 Å². The number of anilines is 1. The van der Waals surface area contributed by atoms with E-state index in [9.17, 15) is 9.59 Å². The van der Waals surface area contributed by atoms with Crippen LogP contribution in [0.25, 0.3) is 0 Å². The molecule has 1 aliphatic carbocycles. The lowest BCUT2D eigenvalue weighted by molar-refractivity contribution is -0.125. The maximum atomic E-state index is 12.2. The Labute approximate surface area is 118 Å². The zero-order chi connectivity index (χ0) is 14.7. The van der Waals surface area contributed by atoms with Gasteiger partial charge in [-0.1, -0.05) is 0 Å². The number of carbonyl (C=O) groups is 2. The van der Waals surface area contributed by atoms with Gasteiger partial charge >= 0.3 is 6.01 Å². The van der Waals surface area contributed by atoms with Crippen molar-refractivity contribution in [3.8, 4) is 6.01 Å². The second-order valence-corrected chi connectivity index (χ2v) is 5.06. The second kappa shape index (κ2) is 5.98.